The predicted octanol–water partition coefficient (Wildman–Crippen LogP) is 3.19. The maximum absolute atomic E-state index is 5.65. The van der Waals surface area contributed by atoms with Gasteiger partial charge < -0.3 is 14.8 Å². The van der Waals surface area contributed by atoms with Crippen LogP contribution in [0.3, 0.4) is 0 Å². The third-order valence-corrected chi connectivity index (χ3v) is 3.28. The highest BCUT2D eigenvalue weighted by molar-refractivity contribution is 5.36. The fourth-order valence-electron chi connectivity index (χ4n) is 2.21. The van der Waals surface area contributed by atoms with Gasteiger partial charge in [0.2, 0.25) is 0 Å². The fourth-order valence-corrected chi connectivity index (χ4v) is 2.21. The van der Waals surface area contributed by atoms with Crippen LogP contribution >= 0.6 is 0 Å². The van der Waals surface area contributed by atoms with Gasteiger partial charge >= 0.3 is 0 Å². The van der Waals surface area contributed by atoms with Gasteiger partial charge in [0.1, 0.15) is 11.5 Å². The number of hydrogen-bond acceptors (Lipinski definition) is 4. The van der Waals surface area contributed by atoms with E-state index in [1.54, 1.807) is 13.3 Å². The van der Waals surface area contributed by atoms with E-state index < -0.39 is 0 Å². The van der Waals surface area contributed by atoms with Crippen LogP contribution in [0.2, 0.25) is 0 Å². The summed E-state index contributed by atoms with van der Waals surface area (Å²) in [6.07, 6.45) is 4.60. The first-order chi connectivity index (χ1) is 10.3. The van der Waals surface area contributed by atoms with Crippen LogP contribution in [-0.2, 0) is 0 Å². The van der Waals surface area contributed by atoms with E-state index in [2.05, 4.69) is 29.4 Å². The molecule has 2 rings (SSSR count). The Bertz CT molecular complexity index is 555. The molecule has 1 atom stereocenters. The minimum absolute atomic E-state index is 0.0774. The van der Waals surface area contributed by atoms with E-state index in [0.29, 0.717) is 6.61 Å². The summed E-state index contributed by atoms with van der Waals surface area (Å²) in [7, 11) is 3.61. The molecule has 0 aliphatic rings. The van der Waals surface area contributed by atoms with Gasteiger partial charge in [-0.3, -0.25) is 4.98 Å². The van der Waals surface area contributed by atoms with Crippen LogP contribution in [-0.4, -0.2) is 25.7 Å². The molecule has 0 spiro atoms. The number of benzene rings is 1. The number of aromatic nitrogens is 1. The number of hydrogen-bond donors (Lipinski definition) is 1. The van der Waals surface area contributed by atoms with Crippen LogP contribution < -0.4 is 14.8 Å². The van der Waals surface area contributed by atoms with E-state index in [9.17, 15) is 0 Å². The Balaban J connectivity index is 2.23. The number of pyridine rings is 1. The third kappa shape index (κ3) is 3.95. The van der Waals surface area contributed by atoms with Gasteiger partial charge in [0.15, 0.2) is 0 Å². The van der Waals surface area contributed by atoms with Crippen molar-refractivity contribution in [3.05, 3.63) is 53.9 Å². The second-order valence-electron chi connectivity index (χ2n) is 4.80. The van der Waals surface area contributed by atoms with Crippen molar-refractivity contribution in [2.45, 2.75) is 19.4 Å². The van der Waals surface area contributed by atoms with Crippen LogP contribution in [0.1, 0.15) is 30.5 Å². The first-order valence-corrected chi connectivity index (χ1v) is 7.17. The summed E-state index contributed by atoms with van der Waals surface area (Å²) in [5.41, 5.74) is 2.24. The largest absolute Gasteiger partial charge is 0.497 e. The molecule has 0 bridgehead atoms. The Morgan fingerprint density at radius 1 is 1.10 bits per heavy atom. The zero-order valence-corrected chi connectivity index (χ0v) is 12.8. The molecule has 4 nitrogen and oxygen atoms in total. The first kappa shape index (κ1) is 15.3. The molecule has 1 aromatic carbocycles. The Morgan fingerprint density at radius 3 is 2.48 bits per heavy atom. The van der Waals surface area contributed by atoms with Crippen molar-refractivity contribution in [2.24, 2.45) is 0 Å². The topological polar surface area (TPSA) is 43.4 Å². The molecule has 21 heavy (non-hydrogen) atoms. The minimum atomic E-state index is 0.0774. The molecule has 1 N–H and O–H groups in total. The Morgan fingerprint density at radius 2 is 1.86 bits per heavy atom. The van der Waals surface area contributed by atoms with Crippen LogP contribution in [0.15, 0.2) is 42.7 Å². The van der Waals surface area contributed by atoms with Crippen molar-refractivity contribution in [1.29, 1.82) is 0 Å². The number of methoxy groups -OCH3 is 1. The molecule has 1 heterocycles. The smallest absolute Gasteiger partial charge is 0.137 e. The summed E-state index contributed by atoms with van der Waals surface area (Å²) in [6.45, 7) is 2.79. The van der Waals surface area contributed by atoms with Crippen molar-refractivity contribution in [1.82, 2.24) is 10.3 Å². The Labute approximate surface area is 126 Å². The van der Waals surface area contributed by atoms with Crippen LogP contribution in [0.4, 0.5) is 0 Å². The van der Waals surface area contributed by atoms with E-state index in [1.807, 2.05) is 31.4 Å². The molecule has 0 aliphatic heterocycles. The molecule has 1 aromatic heterocycles. The lowest BCUT2D eigenvalue weighted by Gasteiger charge is -2.18. The molecule has 0 radical (unpaired) electrons. The van der Waals surface area contributed by atoms with Crippen molar-refractivity contribution in [3.63, 3.8) is 0 Å². The average Bonchev–Trinajstić information content (AvgIpc) is 2.55. The van der Waals surface area contributed by atoms with E-state index in [-0.39, 0.29) is 6.04 Å². The molecular formula is C17H22N2O2. The standard InChI is InChI=1S/C17H22N2O2/c1-4-9-21-16-10-14(11-19-12-16)17(18-2)13-5-7-15(20-3)8-6-13/h5-8,10-12,17-18H,4,9H2,1-3H3. The molecule has 112 valence electrons. The highest BCUT2D eigenvalue weighted by atomic mass is 16.5. The summed E-state index contributed by atoms with van der Waals surface area (Å²) in [5.74, 6) is 1.66. The van der Waals surface area contributed by atoms with Gasteiger partial charge in [-0.25, -0.2) is 0 Å². The zero-order chi connectivity index (χ0) is 15.1. The quantitative estimate of drug-likeness (QED) is 0.849. The highest BCUT2D eigenvalue weighted by Gasteiger charge is 2.13. The summed E-state index contributed by atoms with van der Waals surface area (Å²) >= 11 is 0. The number of nitrogens with one attached hydrogen (secondary N) is 1. The van der Waals surface area contributed by atoms with Gasteiger partial charge in [-0.1, -0.05) is 19.1 Å². The van der Waals surface area contributed by atoms with Gasteiger partial charge in [0.05, 0.1) is 26.0 Å². The number of ether oxygens (including phenoxy) is 2. The van der Waals surface area contributed by atoms with Gasteiger partial charge in [-0.05, 0) is 42.8 Å². The van der Waals surface area contributed by atoms with Crippen LogP contribution in [0.5, 0.6) is 11.5 Å². The lowest BCUT2D eigenvalue weighted by molar-refractivity contribution is 0.315. The van der Waals surface area contributed by atoms with Gasteiger partial charge in [0, 0.05) is 6.20 Å². The van der Waals surface area contributed by atoms with Crippen LogP contribution in [0, 0.1) is 0 Å². The molecule has 2 aromatic rings. The SMILES string of the molecule is CCCOc1cncc(C(NC)c2ccc(OC)cc2)c1. The van der Waals surface area contributed by atoms with E-state index in [1.165, 1.54) is 0 Å². The molecular weight excluding hydrogens is 264 g/mol. The lowest BCUT2D eigenvalue weighted by Crippen LogP contribution is -2.18. The summed E-state index contributed by atoms with van der Waals surface area (Å²) in [5, 5.41) is 3.32. The van der Waals surface area contributed by atoms with E-state index >= 15 is 0 Å². The van der Waals surface area contributed by atoms with E-state index in [4.69, 9.17) is 9.47 Å². The maximum Gasteiger partial charge on any atom is 0.137 e. The second-order valence-corrected chi connectivity index (χ2v) is 4.80. The monoisotopic (exact) mass is 286 g/mol. The highest BCUT2D eigenvalue weighted by Crippen LogP contribution is 2.25. The fraction of sp³-hybridized carbons (Fsp3) is 0.353. The molecule has 1 unspecified atom stereocenters. The summed E-state index contributed by atoms with van der Waals surface area (Å²) in [6, 6.07) is 10.1. The second kappa shape index (κ2) is 7.64. The Hall–Kier alpha value is -2.07. The molecule has 4 heteroatoms. The minimum Gasteiger partial charge on any atom is -0.497 e. The first-order valence-electron chi connectivity index (χ1n) is 7.17. The van der Waals surface area contributed by atoms with Gasteiger partial charge in [0.25, 0.3) is 0 Å². The van der Waals surface area contributed by atoms with Crippen molar-refractivity contribution < 1.29 is 9.47 Å². The van der Waals surface area contributed by atoms with Gasteiger partial charge in [-0.15, -0.1) is 0 Å². The molecule has 0 amide bonds. The lowest BCUT2D eigenvalue weighted by atomic mass is 10.0. The summed E-state index contributed by atoms with van der Waals surface area (Å²) in [4.78, 5) is 4.28. The molecule has 0 aliphatic carbocycles. The molecule has 0 saturated heterocycles. The molecule has 0 saturated carbocycles. The van der Waals surface area contributed by atoms with Crippen molar-refractivity contribution >= 4 is 0 Å². The van der Waals surface area contributed by atoms with Crippen LogP contribution in [0.25, 0.3) is 0 Å². The number of nitrogens with zero attached hydrogens (tertiary/aromatic N) is 1. The predicted molar refractivity (Wildman–Crippen MR) is 83.9 cm³/mol. The Kier molecular flexibility index (Phi) is 5.58. The normalized spacial score (nSPS) is 12.0. The van der Waals surface area contributed by atoms with E-state index in [0.717, 1.165) is 29.0 Å². The summed E-state index contributed by atoms with van der Waals surface area (Å²) < 4.78 is 10.9. The number of rotatable bonds is 7. The van der Waals surface area contributed by atoms with Crippen molar-refractivity contribution in [3.8, 4) is 11.5 Å². The third-order valence-electron chi connectivity index (χ3n) is 3.28. The van der Waals surface area contributed by atoms with Gasteiger partial charge in [-0.2, -0.15) is 0 Å². The zero-order valence-electron chi connectivity index (χ0n) is 12.8. The average molecular weight is 286 g/mol. The van der Waals surface area contributed by atoms with Crippen molar-refractivity contribution in [2.75, 3.05) is 20.8 Å². The maximum atomic E-state index is 5.65. The molecule has 0 fully saturated rings.